The maximum absolute atomic E-state index is 13.4. The van der Waals surface area contributed by atoms with Gasteiger partial charge in [0, 0.05) is 16.7 Å². The van der Waals surface area contributed by atoms with E-state index >= 15 is 0 Å². The number of aryl methyl sites for hydroxylation is 2. The number of hydrogen-bond acceptors (Lipinski definition) is 4. The van der Waals surface area contributed by atoms with Gasteiger partial charge in [0.1, 0.15) is 5.82 Å². The Bertz CT molecular complexity index is 574. The summed E-state index contributed by atoms with van der Waals surface area (Å²) < 4.78 is 13.4. The van der Waals surface area contributed by atoms with E-state index in [0.29, 0.717) is 12.0 Å². The molecule has 0 aliphatic rings. The van der Waals surface area contributed by atoms with E-state index in [4.69, 9.17) is 0 Å². The largest absolute Gasteiger partial charge is 0.395 e. The number of aliphatic hydroxyl groups excluding tert-OH is 2. The minimum absolute atomic E-state index is 0.259. The number of rotatable bonds is 5. The lowest BCUT2D eigenvalue weighted by Gasteiger charge is -2.29. The van der Waals surface area contributed by atoms with Gasteiger partial charge in [-0.2, -0.15) is 0 Å². The Balaban J connectivity index is 2.39. The fourth-order valence-corrected chi connectivity index (χ4v) is 3.25. The molecule has 0 aliphatic heterocycles. The summed E-state index contributed by atoms with van der Waals surface area (Å²) in [5.41, 5.74) is 0.640. The average Bonchev–Trinajstić information content (AvgIpc) is 2.75. The van der Waals surface area contributed by atoms with Gasteiger partial charge >= 0.3 is 0 Å². The zero-order valence-corrected chi connectivity index (χ0v) is 12.4. The van der Waals surface area contributed by atoms with Gasteiger partial charge in [0.15, 0.2) is 0 Å². The van der Waals surface area contributed by atoms with Crippen LogP contribution in [0.25, 0.3) is 0 Å². The molecule has 2 aromatic rings. The Morgan fingerprint density at radius 3 is 2.45 bits per heavy atom. The van der Waals surface area contributed by atoms with Gasteiger partial charge in [-0.1, -0.05) is 12.1 Å². The maximum atomic E-state index is 13.4. The van der Waals surface area contributed by atoms with Gasteiger partial charge in [-0.05, 0) is 31.5 Å². The average molecular weight is 295 g/mol. The van der Waals surface area contributed by atoms with Gasteiger partial charge < -0.3 is 10.2 Å². The Hall–Kier alpha value is -1.30. The minimum atomic E-state index is -0.904. The molecule has 0 unspecified atom stereocenters. The van der Waals surface area contributed by atoms with E-state index in [9.17, 15) is 14.6 Å². The second-order valence-electron chi connectivity index (χ2n) is 5.03. The van der Waals surface area contributed by atoms with Gasteiger partial charge in [0.25, 0.3) is 0 Å². The third-order valence-electron chi connectivity index (χ3n) is 3.60. The number of nitrogens with zero attached hydrogens (tertiary/aromatic N) is 1. The van der Waals surface area contributed by atoms with Crippen molar-refractivity contribution in [3.8, 4) is 0 Å². The summed E-state index contributed by atoms with van der Waals surface area (Å²) in [7, 11) is 0. The molecule has 0 saturated carbocycles. The molecule has 0 bridgehead atoms. The van der Waals surface area contributed by atoms with Crippen molar-refractivity contribution >= 4 is 11.3 Å². The number of halogens is 1. The Morgan fingerprint density at radius 2 is 1.95 bits per heavy atom. The standard InChI is InChI=1S/C15H18FNO2S/c1-10-11(2)20-14(17-10)7-15(8-18,9-19)12-4-3-5-13(16)6-12/h3-6,18-19H,7-9H2,1-2H3. The van der Waals surface area contributed by atoms with Crippen molar-refractivity contribution in [3.63, 3.8) is 0 Å². The van der Waals surface area contributed by atoms with Crippen LogP contribution in [0.3, 0.4) is 0 Å². The Kier molecular flexibility index (Phi) is 4.52. The molecule has 0 radical (unpaired) electrons. The topological polar surface area (TPSA) is 53.4 Å². The van der Waals surface area contributed by atoms with Gasteiger partial charge in [0.05, 0.1) is 23.9 Å². The van der Waals surface area contributed by atoms with Crippen LogP contribution in [0, 0.1) is 19.7 Å². The normalized spacial score (nSPS) is 11.8. The molecule has 2 rings (SSSR count). The molecule has 2 N–H and O–H groups in total. The van der Waals surface area contributed by atoms with Gasteiger partial charge in [0.2, 0.25) is 0 Å². The van der Waals surface area contributed by atoms with Crippen molar-refractivity contribution in [2.45, 2.75) is 25.7 Å². The lowest BCUT2D eigenvalue weighted by molar-refractivity contribution is 0.116. The molecule has 0 atom stereocenters. The Morgan fingerprint density at radius 1 is 1.25 bits per heavy atom. The second-order valence-corrected chi connectivity index (χ2v) is 6.32. The number of benzene rings is 1. The first kappa shape index (κ1) is 15.1. The van der Waals surface area contributed by atoms with Crippen molar-refractivity contribution in [1.29, 1.82) is 0 Å². The van der Waals surface area contributed by atoms with Crippen LogP contribution in [0.2, 0.25) is 0 Å². The molecule has 5 heteroatoms. The summed E-state index contributed by atoms with van der Waals surface area (Å²) in [5, 5.41) is 20.3. The third-order valence-corrected chi connectivity index (χ3v) is 4.68. The molecule has 1 aromatic heterocycles. The highest BCUT2D eigenvalue weighted by Gasteiger charge is 2.33. The summed E-state index contributed by atoms with van der Waals surface area (Å²) in [6, 6.07) is 6.02. The third kappa shape index (κ3) is 2.90. The van der Waals surface area contributed by atoms with E-state index in [-0.39, 0.29) is 19.0 Å². The van der Waals surface area contributed by atoms with Crippen molar-refractivity contribution < 1.29 is 14.6 Å². The highest BCUT2D eigenvalue weighted by molar-refractivity contribution is 7.11. The molecule has 0 spiro atoms. The molecule has 0 aliphatic carbocycles. The lowest BCUT2D eigenvalue weighted by atomic mass is 9.79. The summed E-state index contributed by atoms with van der Waals surface area (Å²) in [5.74, 6) is -0.375. The van der Waals surface area contributed by atoms with Crippen LogP contribution in [0.5, 0.6) is 0 Å². The summed E-state index contributed by atoms with van der Waals surface area (Å²) in [6.45, 7) is 3.39. The molecule has 108 valence electrons. The fourth-order valence-electron chi connectivity index (χ4n) is 2.17. The van der Waals surface area contributed by atoms with Crippen LogP contribution >= 0.6 is 11.3 Å². The summed E-state index contributed by atoms with van der Waals surface area (Å²) in [4.78, 5) is 5.56. The second kappa shape index (κ2) is 5.99. The summed E-state index contributed by atoms with van der Waals surface area (Å²) >= 11 is 1.54. The molecular formula is C15H18FNO2S. The SMILES string of the molecule is Cc1nc(CC(CO)(CO)c2cccc(F)c2)sc1C. The van der Waals surface area contributed by atoms with E-state index in [1.807, 2.05) is 13.8 Å². The molecule has 0 amide bonds. The first-order valence-corrected chi connectivity index (χ1v) is 7.23. The smallest absolute Gasteiger partial charge is 0.123 e. The van der Waals surface area contributed by atoms with Crippen molar-refractivity contribution in [2.24, 2.45) is 0 Å². The van der Waals surface area contributed by atoms with E-state index in [1.165, 1.54) is 12.1 Å². The van der Waals surface area contributed by atoms with Crippen molar-refractivity contribution in [3.05, 3.63) is 51.2 Å². The van der Waals surface area contributed by atoms with E-state index in [0.717, 1.165) is 15.6 Å². The fraction of sp³-hybridized carbons (Fsp3) is 0.400. The van der Waals surface area contributed by atoms with Crippen LogP contribution in [-0.4, -0.2) is 28.4 Å². The van der Waals surface area contributed by atoms with Gasteiger partial charge in [-0.3, -0.25) is 0 Å². The predicted molar refractivity (Wildman–Crippen MR) is 77.5 cm³/mol. The van der Waals surface area contributed by atoms with E-state index < -0.39 is 5.41 Å². The maximum Gasteiger partial charge on any atom is 0.123 e. The molecule has 1 heterocycles. The van der Waals surface area contributed by atoms with E-state index in [1.54, 1.807) is 23.5 Å². The quantitative estimate of drug-likeness (QED) is 0.890. The van der Waals surface area contributed by atoms with Crippen molar-refractivity contribution in [2.75, 3.05) is 13.2 Å². The molecular weight excluding hydrogens is 277 g/mol. The molecule has 20 heavy (non-hydrogen) atoms. The monoisotopic (exact) mass is 295 g/mol. The molecule has 3 nitrogen and oxygen atoms in total. The number of thiazole rings is 1. The zero-order chi connectivity index (χ0) is 14.8. The number of hydrogen-bond donors (Lipinski definition) is 2. The number of aromatic nitrogens is 1. The first-order chi connectivity index (χ1) is 9.50. The Labute approximate surface area is 121 Å². The lowest BCUT2D eigenvalue weighted by Crippen LogP contribution is -2.37. The zero-order valence-electron chi connectivity index (χ0n) is 11.6. The van der Waals surface area contributed by atoms with Crippen LogP contribution in [0.15, 0.2) is 24.3 Å². The molecule has 1 aromatic carbocycles. The van der Waals surface area contributed by atoms with Crippen LogP contribution in [0.1, 0.15) is 21.1 Å². The first-order valence-electron chi connectivity index (χ1n) is 6.41. The van der Waals surface area contributed by atoms with Gasteiger partial charge in [-0.15, -0.1) is 11.3 Å². The van der Waals surface area contributed by atoms with E-state index in [2.05, 4.69) is 4.98 Å². The highest BCUT2D eigenvalue weighted by Crippen LogP contribution is 2.30. The number of aliphatic hydroxyl groups is 2. The van der Waals surface area contributed by atoms with Crippen LogP contribution in [0.4, 0.5) is 4.39 Å². The molecule has 0 fully saturated rings. The van der Waals surface area contributed by atoms with Gasteiger partial charge in [-0.25, -0.2) is 9.37 Å². The summed E-state index contributed by atoms with van der Waals surface area (Å²) in [6.07, 6.45) is 0.392. The van der Waals surface area contributed by atoms with Crippen molar-refractivity contribution in [1.82, 2.24) is 4.98 Å². The highest BCUT2D eigenvalue weighted by atomic mass is 32.1. The predicted octanol–water partition coefficient (Wildman–Crippen LogP) is 2.36. The van der Waals surface area contributed by atoms with Crippen LogP contribution in [-0.2, 0) is 11.8 Å². The minimum Gasteiger partial charge on any atom is -0.395 e. The van der Waals surface area contributed by atoms with Crippen LogP contribution < -0.4 is 0 Å². The molecule has 0 saturated heterocycles.